The molecule has 0 fully saturated rings. The molecule has 19 heavy (non-hydrogen) atoms. The van der Waals surface area contributed by atoms with Crippen molar-refractivity contribution >= 4 is 11.5 Å². The predicted molar refractivity (Wildman–Crippen MR) is 76.4 cm³/mol. The first kappa shape index (κ1) is 15.5. The van der Waals surface area contributed by atoms with Crippen LogP contribution in [0.3, 0.4) is 0 Å². The van der Waals surface area contributed by atoms with E-state index in [-0.39, 0.29) is 6.04 Å². The second kappa shape index (κ2) is 7.78. The number of aromatic nitrogens is 2. The zero-order valence-electron chi connectivity index (χ0n) is 12.1. The lowest BCUT2D eigenvalue weighted by Crippen LogP contribution is -2.31. The molecule has 0 saturated heterocycles. The van der Waals surface area contributed by atoms with Crippen molar-refractivity contribution in [2.24, 2.45) is 5.92 Å². The highest BCUT2D eigenvalue weighted by Crippen LogP contribution is 2.26. The van der Waals surface area contributed by atoms with Crippen LogP contribution in [0, 0.1) is 5.92 Å². The maximum Gasteiger partial charge on any atom is 0.242 e. The SMILES string of the molecule is CCCOc1ncnc(NC(COC)C(C)C)c1N. The fourth-order valence-electron chi connectivity index (χ4n) is 1.56. The maximum absolute atomic E-state index is 6.02. The molecule has 0 radical (unpaired) electrons. The fraction of sp³-hybridized carbons (Fsp3) is 0.692. The molecule has 0 amide bonds. The molecule has 0 saturated carbocycles. The Kier molecular flexibility index (Phi) is 6.35. The maximum atomic E-state index is 6.02. The number of methoxy groups -OCH3 is 1. The first-order valence-corrected chi connectivity index (χ1v) is 6.58. The highest BCUT2D eigenvalue weighted by molar-refractivity contribution is 5.66. The van der Waals surface area contributed by atoms with Crippen molar-refractivity contribution in [3.05, 3.63) is 6.33 Å². The molecule has 0 bridgehead atoms. The Morgan fingerprint density at radius 1 is 1.37 bits per heavy atom. The minimum atomic E-state index is 0.140. The summed E-state index contributed by atoms with van der Waals surface area (Å²) in [6.45, 7) is 7.44. The normalized spacial score (nSPS) is 12.5. The fourth-order valence-corrected chi connectivity index (χ4v) is 1.56. The number of nitrogen functional groups attached to an aromatic ring is 1. The summed E-state index contributed by atoms with van der Waals surface area (Å²) in [5, 5.41) is 3.28. The molecule has 0 aliphatic heterocycles. The number of rotatable bonds is 8. The van der Waals surface area contributed by atoms with Crippen LogP contribution in [0.4, 0.5) is 11.5 Å². The summed E-state index contributed by atoms with van der Waals surface area (Å²) in [5.74, 6) is 1.42. The molecule has 1 heterocycles. The Labute approximate surface area is 114 Å². The highest BCUT2D eigenvalue weighted by atomic mass is 16.5. The van der Waals surface area contributed by atoms with Gasteiger partial charge in [-0.25, -0.2) is 4.98 Å². The van der Waals surface area contributed by atoms with E-state index in [1.165, 1.54) is 6.33 Å². The molecule has 0 aliphatic rings. The van der Waals surface area contributed by atoms with Gasteiger partial charge in [-0.2, -0.15) is 4.98 Å². The zero-order valence-corrected chi connectivity index (χ0v) is 12.1. The van der Waals surface area contributed by atoms with Crippen LogP contribution in [0.5, 0.6) is 5.88 Å². The summed E-state index contributed by atoms with van der Waals surface area (Å²) < 4.78 is 10.7. The molecule has 6 nitrogen and oxygen atoms in total. The monoisotopic (exact) mass is 268 g/mol. The molecule has 0 spiro atoms. The Morgan fingerprint density at radius 2 is 2.11 bits per heavy atom. The molecule has 0 aliphatic carbocycles. The minimum Gasteiger partial charge on any atom is -0.476 e. The van der Waals surface area contributed by atoms with Gasteiger partial charge in [-0.1, -0.05) is 20.8 Å². The first-order valence-electron chi connectivity index (χ1n) is 6.58. The van der Waals surface area contributed by atoms with E-state index in [0.717, 1.165) is 6.42 Å². The molecule has 0 aromatic carbocycles. The molecule has 1 atom stereocenters. The third-order valence-electron chi connectivity index (χ3n) is 2.76. The Hall–Kier alpha value is -1.56. The molecule has 108 valence electrons. The van der Waals surface area contributed by atoms with Crippen LogP contribution in [0.1, 0.15) is 27.2 Å². The van der Waals surface area contributed by atoms with Gasteiger partial charge in [0.2, 0.25) is 5.88 Å². The van der Waals surface area contributed by atoms with Crippen LogP contribution < -0.4 is 15.8 Å². The molecule has 6 heteroatoms. The van der Waals surface area contributed by atoms with Gasteiger partial charge in [0.05, 0.1) is 19.3 Å². The lowest BCUT2D eigenvalue weighted by molar-refractivity contribution is 0.171. The van der Waals surface area contributed by atoms with Gasteiger partial charge in [0.15, 0.2) is 5.82 Å². The van der Waals surface area contributed by atoms with Crippen LogP contribution in [0.25, 0.3) is 0 Å². The molecule has 1 aromatic heterocycles. The van der Waals surface area contributed by atoms with Crippen LogP contribution in [-0.4, -0.2) is 36.3 Å². The van der Waals surface area contributed by atoms with E-state index < -0.39 is 0 Å². The average Bonchev–Trinajstić information content (AvgIpc) is 2.38. The van der Waals surface area contributed by atoms with E-state index in [1.807, 2.05) is 6.92 Å². The van der Waals surface area contributed by atoms with Gasteiger partial charge in [0.25, 0.3) is 0 Å². The number of ether oxygens (including phenoxy) is 2. The topological polar surface area (TPSA) is 82.3 Å². The van der Waals surface area contributed by atoms with E-state index in [4.69, 9.17) is 15.2 Å². The standard InChI is InChI=1S/C13H24N4O2/c1-5-6-19-13-11(14)12(15-8-16-13)17-10(7-18-4)9(2)3/h8-10H,5-7,14H2,1-4H3,(H,15,16,17). The Bertz CT molecular complexity index is 385. The van der Waals surface area contributed by atoms with Crippen molar-refractivity contribution in [3.63, 3.8) is 0 Å². The van der Waals surface area contributed by atoms with E-state index in [2.05, 4.69) is 29.1 Å². The smallest absolute Gasteiger partial charge is 0.242 e. The second-order valence-corrected chi connectivity index (χ2v) is 4.74. The minimum absolute atomic E-state index is 0.140. The summed E-state index contributed by atoms with van der Waals surface area (Å²) in [6.07, 6.45) is 2.36. The van der Waals surface area contributed by atoms with Crippen molar-refractivity contribution in [2.75, 3.05) is 31.4 Å². The third kappa shape index (κ3) is 4.55. The van der Waals surface area contributed by atoms with Crippen molar-refractivity contribution in [1.29, 1.82) is 0 Å². The lowest BCUT2D eigenvalue weighted by atomic mass is 10.1. The number of nitrogens with one attached hydrogen (secondary N) is 1. The molecular formula is C13H24N4O2. The summed E-state index contributed by atoms with van der Waals surface area (Å²) in [7, 11) is 1.68. The third-order valence-corrected chi connectivity index (χ3v) is 2.76. The quantitative estimate of drug-likeness (QED) is 0.749. The van der Waals surface area contributed by atoms with Crippen LogP contribution in [0.2, 0.25) is 0 Å². The van der Waals surface area contributed by atoms with E-state index >= 15 is 0 Å². The molecule has 1 unspecified atom stereocenters. The van der Waals surface area contributed by atoms with Gasteiger partial charge >= 0.3 is 0 Å². The summed E-state index contributed by atoms with van der Waals surface area (Å²) >= 11 is 0. The number of hydrogen-bond donors (Lipinski definition) is 2. The summed E-state index contributed by atoms with van der Waals surface area (Å²) in [5.41, 5.74) is 6.46. The summed E-state index contributed by atoms with van der Waals surface area (Å²) in [4.78, 5) is 8.21. The van der Waals surface area contributed by atoms with Crippen LogP contribution in [0.15, 0.2) is 6.33 Å². The lowest BCUT2D eigenvalue weighted by Gasteiger charge is -2.23. The van der Waals surface area contributed by atoms with Crippen molar-refractivity contribution in [3.8, 4) is 5.88 Å². The van der Waals surface area contributed by atoms with E-state index in [0.29, 0.717) is 36.5 Å². The van der Waals surface area contributed by atoms with Gasteiger partial charge in [-0.3, -0.25) is 0 Å². The number of hydrogen-bond acceptors (Lipinski definition) is 6. The van der Waals surface area contributed by atoms with Gasteiger partial charge in [0.1, 0.15) is 12.0 Å². The zero-order chi connectivity index (χ0) is 14.3. The van der Waals surface area contributed by atoms with Crippen molar-refractivity contribution in [2.45, 2.75) is 33.2 Å². The Balaban J connectivity index is 2.82. The molecule has 1 rings (SSSR count). The van der Waals surface area contributed by atoms with Gasteiger partial charge in [-0.05, 0) is 12.3 Å². The predicted octanol–water partition coefficient (Wildman–Crippen LogP) is 1.93. The highest BCUT2D eigenvalue weighted by Gasteiger charge is 2.17. The summed E-state index contributed by atoms with van der Waals surface area (Å²) in [6, 6.07) is 0.140. The molecule has 3 N–H and O–H groups in total. The molecular weight excluding hydrogens is 244 g/mol. The van der Waals surface area contributed by atoms with E-state index in [9.17, 15) is 0 Å². The van der Waals surface area contributed by atoms with Gasteiger partial charge in [0, 0.05) is 7.11 Å². The second-order valence-electron chi connectivity index (χ2n) is 4.74. The van der Waals surface area contributed by atoms with Crippen molar-refractivity contribution < 1.29 is 9.47 Å². The van der Waals surface area contributed by atoms with E-state index in [1.54, 1.807) is 7.11 Å². The van der Waals surface area contributed by atoms with Gasteiger partial charge < -0.3 is 20.5 Å². The Morgan fingerprint density at radius 3 is 2.68 bits per heavy atom. The van der Waals surface area contributed by atoms with Crippen LogP contribution in [-0.2, 0) is 4.74 Å². The first-order chi connectivity index (χ1) is 9.10. The number of nitrogens with zero attached hydrogens (tertiary/aromatic N) is 2. The number of anilines is 2. The van der Waals surface area contributed by atoms with Crippen LogP contribution >= 0.6 is 0 Å². The number of nitrogens with two attached hydrogens (primary N) is 1. The molecule has 1 aromatic rings. The average molecular weight is 268 g/mol. The van der Waals surface area contributed by atoms with Crippen molar-refractivity contribution in [1.82, 2.24) is 9.97 Å². The largest absolute Gasteiger partial charge is 0.476 e. The van der Waals surface area contributed by atoms with Gasteiger partial charge in [-0.15, -0.1) is 0 Å².